The minimum atomic E-state index is -0.141. The third-order valence-electron chi connectivity index (χ3n) is 2.70. The summed E-state index contributed by atoms with van der Waals surface area (Å²) in [6.07, 6.45) is 0.390. The minimum absolute atomic E-state index is 0.141. The molecule has 1 aromatic carbocycles. The molecule has 2 rings (SSSR count). The van der Waals surface area contributed by atoms with E-state index in [9.17, 15) is 9.90 Å². The number of aromatic nitrogens is 2. The number of aromatic amines is 1. The molecule has 0 bridgehead atoms. The molecule has 0 unspecified atom stereocenters. The normalized spacial score (nSPS) is 10.5. The first-order valence-electron chi connectivity index (χ1n) is 5.41. The summed E-state index contributed by atoms with van der Waals surface area (Å²) in [6.45, 7) is 3.55. The van der Waals surface area contributed by atoms with E-state index in [-0.39, 0.29) is 11.3 Å². The molecule has 0 atom stereocenters. The average Bonchev–Trinajstić information content (AvgIpc) is 2.25. The molecule has 2 N–H and O–H groups in total. The lowest BCUT2D eigenvalue weighted by molar-refractivity contribution is 0.469. The number of nitrogens with zero attached hydrogens (tertiary/aromatic N) is 1. The number of aryl methyl sites for hydroxylation is 2. The lowest BCUT2D eigenvalue weighted by atomic mass is 10.0. The Labute approximate surface area is 99.0 Å². The summed E-state index contributed by atoms with van der Waals surface area (Å²) < 4.78 is 0. The van der Waals surface area contributed by atoms with Crippen molar-refractivity contribution in [2.75, 3.05) is 0 Å². The van der Waals surface area contributed by atoms with E-state index < -0.39 is 0 Å². The summed E-state index contributed by atoms with van der Waals surface area (Å²) in [5, 5.41) is 9.68. The molecule has 2 aromatic rings. The number of rotatable bonds is 2. The van der Waals surface area contributed by atoms with E-state index in [0.29, 0.717) is 23.5 Å². The second-order valence-corrected chi connectivity index (χ2v) is 4.02. The van der Waals surface area contributed by atoms with E-state index >= 15 is 0 Å². The van der Waals surface area contributed by atoms with Gasteiger partial charge in [0.15, 0.2) is 0 Å². The average molecular weight is 230 g/mol. The van der Waals surface area contributed by atoms with E-state index in [1.165, 1.54) is 0 Å². The number of para-hydroxylation sites is 1. The Morgan fingerprint density at radius 1 is 1.29 bits per heavy atom. The van der Waals surface area contributed by atoms with Gasteiger partial charge in [0.1, 0.15) is 11.6 Å². The number of phenols is 1. The van der Waals surface area contributed by atoms with Gasteiger partial charge in [-0.25, -0.2) is 4.98 Å². The van der Waals surface area contributed by atoms with E-state index in [4.69, 9.17) is 0 Å². The van der Waals surface area contributed by atoms with Crippen molar-refractivity contribution in [2.45, 2.75) is 20.3 Å². The van der Waals surface area contributed by atoms with Gasteiger partial charge in [-0.05, 0) is 25.5 Å². The zero-order chi connectivity index (χ0) is 12.4. The van der Waals surface area contributed by atoms with E-state index in [0.717, 1.165) is 5.56 Å². The number of hydrogen-bond donors (Lipinski definition) is 2. The molecule has 0 aliphatic carbocycles. The minimum Gasteiger partial charge on any atom is -0.508 e. The quantitative estimate of drug-likeness (QED) is 0.825. The molecule has 0 aliphatic heterocycles. The van der Waals surface area contributed by atoms with Gasteiger partial charge in [0.2, 0.25) is 0 Å². The standard InChI is InChI=1S/C13H14N2O2/c1-8-11(13(17)15-9(2)14-8)7-10-5-3-4-6-12(10)16/h3-6,16H,7H2,1-2H3,(H,14,15,17). The van der Waals surface area contributed by atoms with Crippen LogP contribution in [0.2, 0.25) is 0 Å². The van der Waals surface area contributed by atoms with Crippen LogP contribution in [0.3, 0.4) is 0 Å². The predicted molar refractivity (Wildman–Crippen MR) is 65.2 cm³/mol. The van der Waals surface area contributed by atoms with Gasteiger partial charge in [0.05, 0.1) is 0 Å². The molecule has 0 radical (unpaired) electrons. The first-order valence-corrected chi connectivity index (χ1v) is 5.41. The molecule has 0 spiro atoms. The highest BCUT2D eigenvalue weighted by Crippen LogP contribution is 2.18. The van der Waals surface area contributed by atoms with Crippen LogP contribution in [0.5, 0.6) is 5.75 Å². The molecule has 0 aliphatic rings. The molecule has 1 heterocycles. The Morgan fingerprint density at radius 2 is 2.00 bits per heavy atom. The van der Waals surface area contributed by atoms with Gasteiger partial charge in [0, 0.05) is 17.7 Å². The maximum absolute atomic E-state index is 11.8. The number of H-pyrrole nitrogens is 1. The highest BCUT2D eigenvalue weighted by Gasteiger charge is 2.09. The molecule has 0 fully saturated rings. The van der Waals surface area contributed by atoms with Crippen LogP contribution >= 0.6 is 0 Å². The predicted octanol–water partition coefficient (Wildman–Crippen LogP) is 1.68. The number of hydrogen-bond acceptors (Lipinski definition) is 3. The van der Waals surface area contributed by atoms with Crippen LogP contribution in [0.15, 0.2) is 29.1 Å². The first-order chi connectivity index (χ1) is 8.08. The number of phenolic OH excluding ortho intramolecular Hbond substituents is 1. The van der Waals surface area contributed by atoms with Crippen LogP contribution in [0.1, 0.15) is 22.6 Å². The van der Waals surface area contributed by atoms with Crippen molar-refractivity contribution in [3.63, 3.8) is 0 Å². The van der Waals surface area contributed by atoms with E-state index in [1.54, 1.807) is 32.0 Å². The fourth-order valence-electron chi connectivity index (χ4n) is 1.81. The second-order valence-electron chi connectivity index (χ2n) is 4.02. The lowest BCUT2D eigenvalue weighted by Crippen LogP contribution is -2.18. The number of benzene rings is 1. The molecule has 88 valence electrons. The topological polar surface area (TPSA) is 66.0 Å². The summed E-state index contributed by atoms with van der Waals surface area (Å²) in [7, 11) is 0. The maximum atomic E-state index is 11.8. The first kappa shape index (κ1) is 11.4. The Bertz CT molecular complexity index is 603. The monoisotopic (exact) mass is 230 g/mol. The highest BCUT2D eigenvalue weighted by molar-refractivity contribution is 5.36. The molecule has 0 amide bonds. The maximum Gasteiger partial charge on any atom is 0.254 e. The number of nitrogens with one attached hydrogen (secondary N) is 1. The highest BCUT2D eigenvalue weighted by atomic mass is 16.3. The second kappa shape index (κ2) is 4.41. The van der Waals surface area contributed by atoms with Crippen molar-refractivity contribution in [3.8, 4) is 5.75 Å². The smallest absolute Gasteiger partial charge is 0.254 e. The molecule has 0 saturated heterocycles. The Morgan fingerprint density at radius 3 is 2.65 bits per heavy atom. The summed E-state index contributed by atoms with van der Waals surface area (Å²) in [5.41, 5.74) is 1.89. The van der Waals surface area contributed by atoms with Gasteiger partial charge in [-0.15, -0.1) is 0 Å². The van der Waals surface area contributed by atoms with Gasteiger partial charge in [-0.1, -0.05) is 18.2 Å². The molecule has 1 aromatic heterocycles. The van der Waals surface area contributed by atoms with Crippen molar-refractivity contribution in [2.24, 2.45) is 0 Å². The van der Waals surface area contributed by atoms with Crippen LogP contribution in [-0.4, -0.2) is 15.1 Å². The van der Waals surface area contributed by atoms with Gasteiger partial charge < -0.3 is 10.1 Å². The third kappa shape index (κ3) is 2.36. The van der Waals surface area contributed by atoms with Crippen LogP contribution in [0.25, 0.3) is 0 Å². The largest absolute Gasteiger partial charge is 0.508 e. The van der Waals surface area contributed by atoms with Gasteiger partial charge >= 0.3 is 0 Å². The zero-order valence-electron chi connectivity index (χ0n) is 9.82. The van der Waals surface area contributed by atoms with E-state index in [1.807, 2.05) is 6.07 Å². The summed E-state index contributed by atoms with van der Waals surface area (Å²) >= 11 is 0. The number of aromatic hydroxyl groups is 1. The fourth-order valence-corrected chi connectivity index (χ4v) is 1.81. The molecule has 17 heavy (non-hydrogen) atoms. The Balaban J connectivity index is 2.44. The van der Waals surface area contributed by atoms with Crippen molar-refractivity contribution in [3.05, 3.63) is 57.3 Å². The van der Waals surface area contributed by atoms with Crippen LogP contribution in [0, 0.1) is 13.8 Å². The summed E-state index contributed by atoms with van der Waals surface area (Å²) in [5.74, 6) is 0.806. The molecule has 4 heteroatoms. The fraction of sp³-hybridized carbons (Fsp3) is 0.231. The van der Waals surface area contributed by atoms with Gasteiger partial charge in [-0.3, -0.25) is 4.79 Å². The van der Waals surface area contributed by atoms with Crippen molar-refractivity contribution < 1.29 is 5.11 Å². The molecular weight excluding hydrogens is 216 g/mol. The van der Waals surface area contributed by atoms with E-state index in [2.05, 4.69) is 9.97 Å². The van der Waals surface area contributed by atoms with Crippen molar-refractivity contribution in [1.29, 1.82) is 0 Å². The third-order valence-corrected chi connectivity index (χ3v) is 2.70. The van der Waals surface area contributed by atoms with Crippen LogP contribution in [-0.2, 0) is 6.42 Å². The van der Waals surface area contributed by atoms with Crippen molar-refractivity contribution >= 4 is 0 Å². The Hall–Kier alpha value is -2.10. The van der Waals surface area contributed by atoms with Gasteiger partial charge in [0.25, 0.3) is 5.56 Å². The SMILES string of the molecule is Cc1nc(C)c(Cc2ccccc2O)c(=O)[nH]1. The lowest BCUT2D eigenvalue weighted by Gasteiger charge is -2.06. The molecule has 0 saturated carbocycles. The van der Waals surface area contributed by atoms with Gasteiger partial charge in [-0.2, -0.15) is 0 Å². The van der Waals surface area contributed by atoms with Crippen molar-refractivity contribution in [1.82, 2.24) is 9.97 Å². The van der Waals surface area contributed by atoms with Crippen LogP contribution < -0.4 is 5.56 Å². The summed E-state index contributed by atoms with van der Waals surface area (Å²) in [4.78, 5) is 18.7. The molecule has 4 nitrogen and oxygen atoms in total. The summed E-state index contributed by atoms with van der Waals surface area (Å²) in [6, 6.07) is 7.00. The van der Waals surface area contributed by atoms with Crippen LogP contribution in [0.4, 0.5) is 0 Å². The Kier molecular flexibility index (Phi) is 2.95. The zero-order valence-corrected chi connectivity index (χ0v) is 9.82. The molecular formula is C13H14N2O2.